The van der Waals surface area contributed by atoms with Gasteiger partial charge in [-0.2, -0.15) is 0 Å². The predicted octanol–water partition coefficient (Wildman–Crippen LogP) is 3.01. The van der Waals surface area contributed by atoms with Crippen LogP contribution in [0.3, 0.4) is 0 Å². The Kier molecular flexibility index (Phi) is 4.42. The average molecular weight is 277 g/mol. The van der Waals surface area contributed by atoms with Crippen molar-refractivity contribution in [1.82, 2.24) is 20.2 Å². The molecule has 0 saturated heterocycles. The van der Waals surface area contributed by atoms with E-state index in [1.165, 1.54) is 0 Å². The minimum Gasteiger partial charge on any atom is -0.352 e. The first-order chi connectivity index (χ1) is 9.06. The van der Waals surface area contributed by atoms with Crippen LogP contribution >= 0.6 is 11.3 Å². The molecular formula is C13H19N5S. The van der Waals surface area contributed by atoms with Crippen LogP contribution in [0.5, 0.6) is 0 Å². The summed E-state index contributed by atoms with van der Waals surface area (Å²) < 4.78 is 0. The van der Waals surface area contributed by atoms with Crippen LogP contribution in [0.1, 0.15) is 43.2 Å². The van der Waals surface area contributed by atoms with Gasteiger partial charge in [0.15, 0.2) is 0 Å². The van der Waals surface area contributed by atoms with E-state index in [0.717, 1.165) is 27.9 Å². The van der Waals surface area contributed by atoms with Crippen molar-refractivity contribution < 1.29 is 0 Å². The first kappa shape index (κ1) is 13.9. The lowest BCUT2D eigenvalue weighted by molar-refractivity contribution is 0.640. The summed E-state index contributed by atoms with van der Waals surface area (Å²) in [4.78, 5) is 8.61. The zero-order chi connectivity index (χ0) is 13.8. The van der Waals surface area contributed by atoms with E-state index in [1.807, 2.05) is 6.92 Å². The molecule has 19 heavy (non-hydrogen) atoms. The number of nitrogens with one attached hydrogen (secondary N) is 1. The lowest BCUT2D eigenvalue weighted by Crippen LogP contribution is -2.10. The van der Waals surface area contributed by atoms with Crippen molar-refractivity contribution in [1.29, 1.82) is 0 Å². The molecule has 6 heteroatoms. The van der Waals surface area contributed by atoms with Crippen molar-refractivity contribution in [2.45, 2.75) is 40.2 Å². The van der Waals surface area contributed by atoms with Gasteiger partial charge in [-0.05, 0) is 19.8 Å². The summed E-state index contributed by atoms with van der Waals surface area (Å²) in [5.41, 5.74) is 1.89. The Morgan fingerprint density at radius 1 is 1.16 bits per heavy atom. The Bertz CT molecular complexity index is 537. The van der Waals surface area contributed by atoms with Gasteiger partial charge in [0.25, 0.3) is 0 Å². The maximum Gasteiger partial charge on any atom is 0.206 e. The third kappa shape index (κ3) is 3.70. The smallest absolute Gasteiger partial charge is 0.206 e. The predicted molar refractivity (Wildman–Crippen MR) is 77.3 cm³/mol. The second kappa shape index (κ2) is 6.06. The van der Waals surface area contributed by atoms with E-state index in [-0.39, 0.29) is 6.04 Å². The van der Waals surface area contributed by atoms with E-state index in [1.54, 1.807) is 23.7 Å². The Morgan fingerprint density at radius 2 is 1.89 bits per heavy atom. The minimum atomic E-state index is 0.0774. The molecule has 0 amide bonds. The van der Waals surface area contributed by atoms with Crippen molar-refractivity contribution in [3.63, 3.8) is 0 Å². The van der Waals surface area contributed by atoms with Gasteiger partial charge in [0.05, 0.1) is 17.4 Å². The van der Waals surface area contributed by atoms with Crippen molar-refractivity contribution in [2.24, 2.45) is 5.92 Å². The van der Waals surface area contributed by atoms with Gasteiger partial charge in [0.2, 0.25) is 5.13 Å². The molecule has 1 N–H and O–H groups in total. The van der Waals surface area contributed by atoms with Crippen LogP contribution in [0, 0.1) is 12.8 Å². The van der Waals surface area contributed by atoms with Crippen molar-refractivity contribution in [3.05, 3.63) is 28.8 Å². The number of hydrogen-bond acceptors (Lipinski definition) is 6. The van der Waals surface area contributed by atoms with E-state index in [0.29, 0.717) is 5.92 Å². The Morgan fingerprint density at radius 3 is 2.58 bits per heavy atom. The molecule has 0 aliphatic heterocycles. The molecule has 0 aliphatic rings. The fourth-order valence-corrected chi connectivity index (χ4v) is 2.88. The van der Waals surface area contributed by atoms with Gasteiger partial charge >= 0.3 is 0 Å². The van der Waals surface area contributed by atoms with Crippen LogP contribution in [-0.2, 0) is 6.42 Å². The summed E-state index contributed by atoms with van der Waals surface area (Å²) in [6.45, 7) is 8.38. The van der Waals surface area contributed by atoms with E-state index >= 15 is 0 Å². The highest BCUT2D eigenvalue weighted by atomic mass is 32.1. The lowest BCUT2D eigenvalue weighted by Gasteiger charge is -2.13. The SMILES string of the molecule is Cc1nccnc1C(C)Nc1nnc(CC(C)C)s1. The van der Waals surface area contributed by atoms with Crippen LogP contribution < -0.4 is 5.32 Å². The molecule has 0 saturated carbocycles. The van der Waals surface area contributed by atoms with Gasteiger partial charge in [0.1, 0.15) is 5.01 Å². The average Bonchev–Trinajstić information content (AvgIpc) is 2.76. The molecular weight excluding hydrogens is 258 g/mol. The summed E-state index contributed by atoms with van der Waals surface area (Å²) in [6, 6.07) is 0.0774. The fraction of sp³-hybridized carbons (Fsp3) is 0.538. The summed E-state index contributed by atoms with van der Waals surface area (Å²) >= 11 is 1.61. The molecule has 0 aliphatic carbocycles. The molecule has 2 aromatic heterocycles. The number of aromatic nitrogens is 4. The topological polar surface area (TPSA) is 63.6 Å². The number of nitrogens with zero attached hydrogens (tertiary/aromatic N) is 4. The van der Waals surface area contributed by atoms with Crippen molar-refractivity contribution >= 4 is 16.5 Å². The minimum absolute atomic E-state index is 0.0774. The number of anilines is 1. The number of rotatable bonds is 5. The molecule has 0 bridgehead atoms. The molecule has 1 unspecified atom stereocenters. The van der Waals surface area contributed by atoms with Crippen molar-refractivity contribution in [2.75, 3.05) is 5.32 Å². The highest BCUT2D eigenvalue weighted by Gasteiger charge is 2.13. The second-order valence-electron chi connectivity index (χ2n) is 4.99. The van der Waals surface area contributed by atoms with E-state index in [9.17, 15) is 0 Å². The number of hydrogen-bond donors (Lipinski definition) is 1. The lowest BCUT2D eigenvalue weighted by atomic mass is 10.1. The highest BCUT2D eigenvalue weighted by molar-refractivity contribution is 7.15. The molecule has 2 rings (SSSR count). The molecule has 0 radical (unpaired) electrons. The van der Waals surface area contributed by atoms with Gasteiger partial charge in [-0.3, -0.25) is 9.97 Å². The van der Waals surface area contributed by atoms with Gasteiger partial charge in [-0.15, -0.1) is 10.2 Å². The molecule has 2 heterocycles. The zero-order valence-corrected chi connectivity index (χ0v) is 12.5. The van der Waals surface area contributed by atoms with Crippen LogP contribution in [0.15, 0.2) is 12.4 Å². The quantitative estimate of drug-likeness (QED) is 0.910. The van der Waals surface area contributed by atoms with E-state index < -0.39 is 0 Å². The normalized spacial score (nSPS) is 12.7. The van der Waals surface area contributed by atoms with Gasteiger partial charge < -0.3 is 5.32 Å². The maximum atomic E-state index is 4.36. The first-order valence-corrected chi connectivity index (χ1v) is 7.24. The van der Waals surface area contributed by atoms with Gasteiger partial charge in [-0.25, -0.2) is 0 Å². The zero-order valence-electron chi connectivity index (χ0n) is 11.7. The van der Waals surface area contributed by atoms with E-state index in [4.69, 9.17) is 0 Å². The van der Waals surface area contributed by atoms with Gasteiger partial charge in [-0.1, -0.05) is 25.2 Å². The molecule has 2 aromatic rings. The van der Waals surface area contributed by atoms with E-state index in [2.05, 4.69) is 46.3 Å². The summed E-state index contributed by atoms with van der Waals surface area (Å²) in [6.07, 6.45) is 4.39. The molecule has 0 fully saturated rings. The van der Waals surface area contributed by atoms with Crippen molar-refractivity contribution in [3.8, 4) is 0 Å². The van der Waals surface area contributed by atoms with Crippen LogP contribution in [0.4, 0.5) is 5.13 Å². The van der Waals surface area contributed by atoms with Crippen LogP contribution in [-0.4, -0.2) is 20.2 Å². The third-order valence-corrected chi connectivity index (χ3v) is 3.60. The maximum absolute atomic E-state index is 4.36. The summed E-state index contributed by atoms with van der Waals surface area (Å²) in [5, 5.41) is 13.6. The summed E-state index contributed by atoms with van der Waals surface area (Å²) in [7, 11) is 0. The highest BCUT2D eigenvalue weighted by Crippen LogP contribution is 2.23. The first-order valence-electron chi connectivity index (χ1n) is 6.42. The Hall–Kier alpha value is -1.56. The molecule has 102 valence electrons. The largest absolute Gasteiger partial charge is 0.352 e. The second-order valence-corrected chi connectivity index (χ2v) is 6.05. The summed E-state index contributed by atoms with van der Waals surface area (Å²) in [5.74, 6) is 0.598. The fourth-order valence-electron chi connectivity index (χ4n) is 1.84. The van der Waals surface area contributed by atoms with Crippen LogP contribution in [0.25, 0.3) is 0 Å². The third-order valence-electron chi connectivity index (χ3n) is 2.72. The standard InChI is InChI=1S/C13H19N5S/c1-8(2)7-11-17-18-13(19-11)16-10(4)12-9(3)14-5-6-15-12/h5-6,8,10H,7H2,1-4H3,(H,16,18). The number of aryl methyl sites for hydroxylation is 1. The Labute approximate surface area is 117 Å². The monoisotopic (exact) mass is 277 g/mol. The molecule has 0 spiro atoms. The van der Waals surface area contributed by atoms with Gasteiger partial charge in [0, 0.05) is 18.8 Å². The van der Waals surface area contributed by atoms with Crippen LogP contribution in [0.2, 0.25) is 0 Å². The Balaban J connectivity index is 2.05. The molecule has 1 atom stereocenters. The molecule has 5 nitrogen and oxygen atoms in total. The molecule has 0 aromatic carbocycles.